The Balaban J connectivity index is 1.52. The average molecular weight is 414 g/mol. The molecule has 3 aliphatic rings. The minimum atomic E-state index is -0.647. The number of esters is 1. The highest BCUT2D eigenvalue weighted by Crippen LogP contribution is 2.56. The lowest BCUT2D eigenvalue weighted by molar-refractivity contribution is -0.145. The van der Waals surface area contributed by atoms with Gasteiger partial charge < -0.3 is 14.9 Å². The Bertz CT molecular complexity index is 809. The topological polar surface area (TPSA) is 70.0 Å². The van der Waals surface area contributed by atoms with E-state index in [9.17, 15) is 15.0 Å². The third kappa shape index (κ3) is 3.41. The number of aliphatic hydroxyl groups excluding tert-OH is 2. The molecule has 0 aromatic heterocycles. The first-order valence-corrected chi connectivity index (χ1v) is 11.3. The number of aliphatic hydroxyl groups is 2. The van der Waals surface area contributed by atoms with Crippen LogP contribution in [0, 0.1) is 23.2 Å². The van der Waals surface area contributed by atoms with Crippen molar-refractivity contribution in [3.05, 3.63) is 47.5 Å². The molecule has 1 aromatic carbocycles. The molecule has 164 valence electrons. The van der Waals surface area contributed by atoms with Crippen LogP contribution in [0.5, 0.6) is 0 Å². The summed E-state index contributed by atoms with van der Waals surface area (Å²) in [6, 6.07) is 9.43. The molecule has 30 heavy (non-hydrogen) atoms. The van der Waals surface area contributed by atoms with Crippen LogP contribution < -0.4 is 0 Å². The van der Waals surface area contributed by atoms with Crippen molar-refractivity contribution < 1.29 is 19.7 Å². The Labute approximate surface area is 179 Å². The number of benzene rings is 1. The van der Waals surface area contributed by atoms with E-state index < -0.39 is 12.2 Å². The van der Waals surface area contributed by atoms with Crippen molar-refractivity contribution in [1.82, 2.24) is 4.90 Å². The van der Waals surface area contributed by atoms with Gasteiger partial charge in [-0.05, 0) is 38.3 Å². The summed E-state index contributed by atoms with van der Waals surface area (Å²) in [4.78, 5) is 14.9. The summed E-state index contributed by atoms with van der Waals surface area (Å²) in [6.07, 6.45) is 3.59. The van der Waals surface area contributed by atoms with Gasteiger partial charge in [0.05, 0.1) is 18.1 Å². The Kier molecular flexibility index (Phi) is 5.82. The molecule has 4 rings (SSSR count). The van der Waals surface area contributed by atoms with Crippen LogP contribution in [0.4, 0.5) is 0 Å². The number of carbonyl (C=O) groups excluding carboxylic acids is 1. The Morgan fingerprint density at radius 3 is 2.70 bits per heavy atom. The van der Waals surface area contributed by atoms with Gasteiger partial charge in [0, 0.05) is 30.3 Å². The second kappa shape index (κ2) is 8.10. The lowest BCUT2D eigenvalue weighted by atomic mass is 9.55. The summed E-state index contributed by atoms with van der Waals surface area (Å²) in [6.45, 7) is 6.81. The molecule has 2 N–H and O–H groups in total. The Morgan fingerprint density at radius 1 is 1.30 bits per heavy atom. The molecule has 2 fully saturated rings. The van der Waals surface area contributed by atoms with Gasteiger partial charge in [0.15, 0.2) is 0 Å². The molecule has 2 aliphatic carbocycles. The minimum absolute atomic E-state index is 0.167. The van der Waals surface area contributed by atoms with E-state index in [1.54, 1.807) is 0 Å². The van der Waals surface area contributed by atoms with Crippen molar-refractivity contribution in [3.8, 4) is 0 Å². The van der Waals surface area contributed by atoms with Crippen LogP contribution in [-0.4, -0.2) is 52.9 Å². The van der Waals surface area contributed by atoms with Crippen molar-refractivity contribution >= 4 is 5.97 Å². The van der Waals surface area contributed by atoms with Gasteiger partial charge in [-0.2, -0.15) is 0 Å². The second-order valence-corrected chi connectivity index (χ2v) is 9.83. The molecule has 5 heteroatoms. The molecule has 0 amide bonds. The molecule has 0 spiro atoms. The Hall–Kier alpha value is -1.69. The number of hydrogen-bond acceptors (Lipinski definition) is 5. The Morgan fingerprint density at radius 2 is 2.00 bits per heavy atom. The van der Waals surface area contributed by atoms with Gasteiger partial charge in [0.2, 0.25) is 0 Å². The number of rotatable bonds is 5. The molecule has 0 bridgehead atoms. The van der Waals surface area contributed by atoms with Crippen LogP contribution in [0.15, 0.2) is 42.0 Å². The third-order valence-corrected chi connectivity index (χ3v) is 8.35. The van der Waals surface area contributed by atoms with E-state index in [2.05, 4.69) is 19.9 Å². The normalized spacial score (nSPS) is 37.8. The van der Waals surface area contributed by atoms with Gasteiger partial charge in [-0.25, -0.2) is 0 Å². The lowest BCUT2D eigenvalue weighted by Crippen LogP contribution is -2.55. The third-order valence-electron chi connectivity index (χ3n) is 8.35. The summed E-state index contributed by atoms with van der Waals surface area (Å²) in [7, 11) is 1.93. The number of nitrogens with zero attached hydrogens (tertiary/aromatic N) is 1. The number of likely N-dealkylation sites (N-methyl/N-ethyl adjacent to an activating group) is 1. The fourth-order valence-corrected chi connectivity index (χ4v) is 5.92. The number of hydrogen-bond donors (Lipinski definition) is 2. The quantitative estimate of drug-likeness (QED) is 0.572. The van der Waals surface area contributed by atoms with Crippen LogP contribution in [0.3, 0.4) is 0 Å². The molecule has 1 heterocycles. The van der Waals surface area contributed by atoms with Crippen molar-refractivity contribution in [1.29, 1.82) is 0 Å². The van der Waals surface area contributed by atoms with E-state index in [0.29, 0.717) is 12.5 Å². The summed E-state index contributed by atoms with van der Waals surface area (Å²) in [5.74, 6) is -0.425. The van der Waals surface area contributed by atoms with Gasteiger partial charge in [0.25, 0.3) is 0 Å². The van der Waals surface area contributed by atoms with Gasteiger partial charge in [-0.15, -0.1) is 0 Å². The second-order valence-electron chi connectivity index (χ2n) is 9.83. The summed E-state index contributed by atoms with van der Waals surface area (Å²) >= 11 is 0. The van der Waals surface area contributed by atoms with Crippen molar-refractivity contribution in [2.75, 3.05) is 13.6 Å². The maximum absolute atomic E-state index is 12.8. The average Bonchev–Trinajstić information content (AvgIpc) is 3.05. The largest absolute Gasteiger partial charge is 0.461 e. The van der Waals surface area contributed by atoms with E-state index in [4.69, 9.17) is 4.74 Å². The minimum Gasteiger partial charge on any atom is -0.461 e. The molecular formula is C25H35NO4. The smallest absolute Gasteiger partial charge is 0.311 e. The number of carbonyl (C=O) groups is 1. The van der Waals surface area contributed by atoms with E-state index in [-0.39, 0.29) is 35.4 Å². The molecular weight excluding hydrogens is 378 g/mol. The first kappa shape index (κ1) is 21.5. The van der Waals surface area contributed by atoms with Crippen molar-refractivity contribution in [2.24, 2.45) is 23.2 Å². The number of allylic oxidation sites excluding steroid dienone is 1. The fraction of sp³-hybridized carbons (Fsp3) is 0.640. The van der Waals surface area contributed by atoms with E-state index in [0.717, 1.165) is 24.8 Å². The SMILES string of the molecule is C[C@@H]([C@@H](O)c1ccccc1)N(C)C[C@H]1C(=O)O[C@@H]2CC3=CCC[C@H](C)[C@@]3(C)[C@@H](O)[C@@H]21. The first-order chi connectivity index (χ1) is 14.2. The maximum atomic E-state index is 12.8. The van der Waals surface area contributed by atoms with Crippen molar-refractivity contribution in [3.63, 3.8) is 0 Å². The molecule has 8 atom stereocenters. The summed E-state index contributed by atoms with van der Waals surface area (Å²) in [5.41, 5.74) is 1.82. The van der Waals surface area contributed by atoms with Gasteiger partial charge in [-0.1, -0.05) is 55.8 Å². The van der Waals surface area contributed by atoms with Crippen LogP contribution >= 0.6 is 0 Å². The highest BCUT2D eigenvalue weighted by Gasteiger charge is 2.59. The van der Waals surface area contributed by atoms with Gasteiger partial charge in [0.1, 0.15) is 6.10 Å². The predicted molar refractivity (Wildman–Crippen MR) is 116 cm³/mol. The molecule has 0 radical (unpaired) electrons. The van der Waals surface area contributed by atoms with Crippen LogP contribution in [0.2, 0.25) is 0 Å². The van der Waals surface area contributed by atoms with Crippen LogP contribution in [0.1, 0.15) is 51.7 Å². The van der Waals surface area contributed by atoms with E-state index in [1.807, 2.05) is 49.2 Å². The zero-order valence-corrected chi connectivity index (χ0v) is 18.5. The lowest BCUT2D eigenvalue weighted by Gasteiger charge is -2.52. The highest BCUT2D eigenvalue weighted by molar-refractivity contribution is 5.76. The standard InChI is InChI=1S/C25H35NO4/c1-15-9-8-12-18-13-20-21(23(28)25(15,18)3)19(24(29)30-20)14-26(4)16(2)22(27)17-10-6-5-7-11-17/h5-7,10-12,15-16,19-23,27-28H,8-9,13-14H2,1-4H3/t15-,16-,19+,20+,21+,22+,23-,25+/m0/s1. The molecule has 0 unspecified atom stereocenters. The monoisotopic (exact) mass is 413 g/mol. The number of fused-ring (bicyclic) bond motifs is 2. The maximum Gasteiger partial charge on any atom is 0.311 e. The highest BCUT2D eigenvalue weighted by atomic mass is 16.6. The molecule has 1 saturated heterocycles. The fourth-order valence-electron chi connectivity index (χ4n) is 5.92. The zero-order chi connectivity index (χ0) is 21.6. The van der Waals surface area contributed by atoms with E-state index >= 15 is 0 Å². The summed E-state index contributed by atoms with van der Waals surface area (Å²) in [5, 5.41) is 22.3. The number of ether oxygens (including phenoxy) is 1. The van der Waals surface area contributed by atoms with Gasteiger partial charge >= 0.3 is 5.97 Å². The predicted octanol–water partition coefficient (Wildman–Crippen LogP) is 3.33. The zero-order valence-electron chi connectivity index (χ0n) is 18.5. The van der Waals surface area contributed by atoms with Gasteiger partial charge in [-0.3, -0.25) is 9.69 Å². The molecule has 1 saturated carbocycles. The van der Waals surface area contributed by atoms with Crippen LogP contribution in [-0.2, 0) is 9.53 Å². The van der Waals surface area contributed by atoms with E-state index in [1.165, 1.54) is 5.57 Å². The first-order valence-electron chi connectivity index (χ1n) is 11.3. The molecule has 1 aliphatic heterocycles. The molecule has 1 aromatic rings. The molecule has 5 nitrogen and oxygen atoms in total. The van der Waals surface area contributed by atoms with Crippen molar-refractivity contribution in [2.45, 2.75) is 64.4 Å². The summed E-state index contributed by atoms with van der Waals surface area (Å²) < 4.78 is 5.77. The van der Waals surface area contributed by atoms with Crippen LogP contribution in [0.25, 0.3) is 0 Å².